The zero-order valence-electron chi connectivity index (χ0n) is 16.6. The Morgan fingerprint density at radius 2 is 1.37 bits per heavy atom. The van der Waals surface area contributed by atoms with Crippen molar-refractivity contribution in [2.24, 2.45) is 0 Å². The number of rotatable bonds is 18. The van der Waals surface area contributed by atoms with Gasteiger partial charge < -0.3 is 15.3 Å². The summed E-state index contributed by atoms with van der Waals surface area (Å²) in [5, 5.41) is 27.4. The monoisotopic (exact) mass is 384 g/mol. The van der Waals surface area contributed by atoms with Crippen LogP contribution in [0.3, 0.4) is 0 Å². The van der Waals surface area contributed by atoms with Crippen LogP contribution in [0.1, 0.15) is 96.8 Å². The fraction of sp³-hybridized carbons (Fsp3) is 0.762. The molecule has 156 valence electrons. The van der Waals surface area contributed by atoms with Crippen molar-refractivity contribution in [3.05, 3.63) is 12.2 Å². The maximum Gasteiger partial charge on any atom is 0.336 e. The molecule has 0 aromatic carbocycles. The van der Waals surface area contributed by atoms with Crippen LogP contribution in [0, 0.1) is 0 Å². The molecule has 0 fully saturated rings. The Kier molecular flexibility index (Phi) is 14.4. The van der Waals surface area contributed by atoms with Crippen molar-refractivity contribution in [2.75, 3.05) is 0 Å². The second-order valence-corrected chi connectivity index (χ2v) is 7.24. The number of carboxylic acid groups (broad SMARTS) is 2. The van der Waals surface area contributed by atoms with E-state index in [4.69, 9.17) is 10.2 Å². The molecule has 0 heterocycles. The zero-order valence-corrected chi connectivity index (χ0v) is 16.6. The first kappa shape index (κ1) is 25.3. The normalized spacial score (nSPS) is 13.6. The lowest BCUT2D eigenvalue weighted by Gasteiger charge is -2.19. The van der Waals surface area contributed by atoms with E-state index in [1.54, 1.807) is 6.08 Å². The van der Waals surface area contributed by atoms with Crippen LogP contribution in [0.5, 0.6) is 0 Å². The highest BCUT2D eigenvalue weighted by molar-refractivity contribution is 5.83. The number of aliphatic carboxylic acids is 2. The number of carbonyl (C=O) groups excluding carboxylic acids is 1. The summed E-state index contributed by atoms with van der Waals surface area (Å²) in [6, 6.07) is 0. The maximum absolute atomic E-state index is 11.8. The Bertz CT molecular complexity index is 471. The number of Topliss-reactive ketones (excluding diaryl/α,β-unsaturated/α-hetero) is 1. The van der Waals surface area contributed by atoms with Crippen molar-refractivity contribution in [2.45, 2.75) is 102 Å². The van der Waals surface area contributed by atoms with Crippen molar-refractivity contribution < 1.29 is 29.7 Å². The maximum atomic E-state index is 11.8. The van der Waals surface area contributed by atoms with Gasteiger partial charge in [0.2, 0.25) is 0 Å². The molecule has 0 aliphatic heterocycles. The van der Waals surface area contributed by atoms with Crippen LogP contribution in [-0.2, 0) is 14.4 Å². The van der Waals surface area contributed by atoms with Crippen LogP contribution in [-0.4, -0.2) is 38.6 Å². The van der Waals surface area contributed by atoms with E-state index in [-0.39, 0.29) is 6.42 Å². The summed E-state index contributed by atoms with van der Waals surface area (Å²) in [4.78, 5) is 33.4. The molecular weight excluding hydrogens is 348 g/mol. The highest BCUT2D eigenvalue weighted by atomic mass is 16.4. The fourth-order valence-electron chi connectivity index (χ4n) is 2.87. The van der Waals surface area contributed by atoms with E-state index in [0.717, 1.165) is 44.9 Å². The Hall–Kier alpha value is -1.69. The molecule has 0 unspecified atom stereocenters. The SMILES string of the molecule is CCCCCCCC(=O)CCCCCC/C=C/C[C@@](O)(CC(=O)O)C(=O)O. The lowest BCUT2D eigenvalue weighted by atomic mass is 9.95. The summed E-state index contributed by atoms with van der Waals surface area (Å²) in [7, 11) is 0. The largest absolute Gasteiger partial charge is 0.481 e. The molecule has 6 heteroatoms. The quantitative estimate of drug-likeness (QED) is 0.237. The number of hydrogen-bond donors (Lipinski definition) is 3. The standard InChI is InChI=1S/C21H36O6/c1-2-3-4-8-11-14-18(22)15-12-9-6-5-7-10-13-16-21(27,20(25)26)17-19(23)24/h10,13,27H,2-9,11-12,14-17H2,1H3,(H,23,24)(H,25,26)/b13-10+/t21-/m1/s1. The third kappa shape index (κ3) is 14.1. The van der Waals surface area contributed by atoms with E-state index >= 15 is 0 Å². The molecule has 0 saturated heterocycles. The first-order valence-corrected chi connectivity index (χ1v) is 10.2. The van der Waals surface area contributed by atoms with Gasteiger partial charge in [-0.3, -0.25) is 9.59 Å². The molecule has 0 saturated carbocycles. The summed E-state index contributed by atoms with van der Waals surface area (Å²) in [5.74, 6) is -2.51. The molecule has 0 aromatic rings. The van der Waals surface area contributed by atoms with E-state index < -0.39 is 24.0 Å². The Labute approximate surface area is 162 Å². The average molecular weight is 385 g/mol. The Balaban J connectivity index is 3.70. The fourth-order valence-corrected chi connectivity index (χ4v) is 2.87. The molecular formula is C21H36O6. The van der Waals surface area contributed by atoms with Gasteiger partial charge in [0.1, 0.15) is 5.78 Å². The predicted molar refractivity (Wildman–Crippen MR) is 105 cm³/mol. The van der Waals surface area contributed by atoms with Crippen molar-refractivity contribution >= 4 is 17.7 Å². The van der Waals surface area contributed by atoms with Crippen LogP contribution in [0.4, 0.5) is 0 Å². The minimum Gasteiger partial charge on any atom is -0.481 e. The Morgan fingerprint density at radius 3 is 1.89 bits per heavy atom. The highest BCUT2D eigenvalue weighted by Crippen LogP contribution is 2.17. The molecule has 27 heavy (non-hydrogen) atoms. The van der Waals surface area contributed by atoms with E-state index in [1.807, 2.05) is 0 Å². The van der Waals surface area contributed by atoms with Crippen molar-refractivity contribution in [3.8, 4) is 0 Å². The molecule has 0 rings (SSSR count). The minimum atomic E-state index is -2.25. The summed E-state index contributed by atoms with van der Waals surface area (Å²) < 4.78 is 0. The molecule has 0 bridgehead atoms. The summed E-state index contributed by atoms with van der Waals surface area (Å²) in [6.07, 6.45) is 14.0. The summed E-state index contributed by atoms with van der Waals surface area (Å²) >= 11 is 0. The first-order chi connectivity index (χ1) is 12.8. The molecule has 0 aliphatic rings. The van der Waals surface area contributed by atoms with E-state index in [9.17, 15) is 19.5 Å². The molecule has 0 spiro atoms. The topological polar surface area (TPSA) is 112 Å². The average Bonchev–Trinajstić information content (AvgIpc) is 2.59. The van der Waals surface area contributed by atoms with Crippen molar-refractivity contribution in [1.29, 1.82) is 0 Å². The van der Waals surface area contributed by atoms with Gasteiger partial charge in [0, 0.05) is 19.3 Å². The van der Waals surface area contributed by atoms with Crippen LogP contribution >= 0.6 is 0 Å². The number of hydrogen-bond acceptors (Lipinski definition) is 4. The second-order valence-electron chi connectivity index (χ2n) is 7.24. The van der Waals surface area contributed by atoms with Crippen molar-refractivity contribution in [1.82, 2.24) is 0 Å². The lowest BCUT2D eigenvalue weighted by Crippen LogP contribution is -2.40. The third-order valence-electron chi connectivity index (χ3n) is 4.60. The highest BCUT2D eigenvalue weighted by Gasteiger charge is 2.37. The van der Waals surface area contributed by atoms with Gasteiger partial charge in [0.15, 0.2) is 5.60 Å². The lowest BCUT2D eigenvalue weighted by molar-refractivity contribution is -0.164. The van der Waals surface area contributed by atoms with Crippen LogP contribution in [0.15, 0.2) is 12.2 Å². The van der Waals surface area contributed by atoms with Crippen LogP contribution < -0.4 is 0 Å². The second kappa shape index (κ2) is 15.4. The van der Waals surface area contributed by atoms with Gasteiger partial charge in [0.25, 0.3) is 0 Å². The van der Waals surface area contributed by atoms with Gasteiger partial charge >= 0.3 is 11.9 Å². The molecule has 3 N–H and O–H groups in total. The van der Waals surface area contributed by atoms with Gasteiger partial charge in [-0.2, -0.15) is 0 Å². The van der Waals surface area contributed by atoms with E-state index in [1.165, 1.54) is 25.3 Å². The van der Waals surface area contributed by atoms with Crippen LogP contribution in [0.2, 0.25) is 0 Å². The number of allylic oxidation sites excluding steroid dienone is 1. The van der Waals surface area contributed by atoms with Gasteiger partial charge in [-0.25, -0.2) is 4.79 Å². The number of unbranched alkanes of at least 4 members (excludes halogenated alkanes) is 8. The molecule has 0 aliphatic carbocycles. The van der Waals surface area contributed by atoms with Gasteiger partial charge in [-0.05, 0) is 25.7 Å². The summed E-state index contributed by atoms with van der Waals surface area (Å²) in [6.45, 7) is 2.18. The number of ketones is 1. The molecule has 1 atom stereocenters. The van der Waals surface area contributed by atoms with Gasteiger partial charge in [-0.1, -0.05) is 57.6 Å². The predicted octanol–water partition coefficient (Wildman–Crippen LogP) is 4.49. The van der Waals surface area contributed by atoms with Crippen LogP contribution in [0.25, 0.3) is 0 Å². The molecule has 0 amide bonds. The number of aliphatic hydroxyl groups is 1. The zero-order chi connectivity index (χ0) is 20.5. The Morgan fingerprint density at radius 1 is 0.815 bits per heavy atom. The molecule has 0 aromatic heterocycles. The third-order valence-corrected chi connectivity index (χ3v) is 4.60. The summed E-state index contributed by atoms with van der Waals surface area (Å²) in [5.41, 5.74) is -2.25. The van der Waals surface area contributed by atoms with E-state index in [0.29, 0.717) is 18.6 Å². The van der Waals surface area contributed by atoms with E-state index in [2.05, 4.69) is 6.92 Å². The molecule has 6 nitrogen and oxygen atoms in total. The number of carbonyl (C=O) groups is 3. The molecule has 0 radical (unpaired) electrons. The van der Waals surface area contributed by atoms with Gasteiger partial charge in [-0.15, -0.1) is 0 Å². The smallest absolute Gasteiger partial charge is 0.336 e. The van der Waals surface area contributed by atoms with Crippen molar-refractivity contribution in [3.63, 3.8) is 0 Å². The minimum absolute atomic E-state index is 0.221. The first-order valence-electron chi connectivity index (χ1n) is 10.2. The van der Waals surface area contributed by atoms with Gasteiger partial charge in [0.05, 0.1) is 6.42 Å². The number of carboxylic acids is 2.